The topological polar surface area (TPSA) is 78.9 Å². The lowest BCUT2D eigenvalue weighted by Gasteiger charge is -2.24. The minimum absolute atomic E-state index is 0.0172. The van der Waals surface area contributed by atoms with Crippen molar-refractivity contribution in [3.05, 3.63) is 41.3 Å². The molecule has 2 N–H and O–H groups in total. The van der Waals surface area contributed by atoms with Crippen molar-refractivity contribution < 1.29 is 19.4 Å². The number of hydrogen-bond acceptors (Lipinski definition) is 6. The molecule has 0 aliphatic heterocycles. The molecule has 7 heteroatoms. The van der Waals surface area contributed by atoms with Gasteiger partial charge in [-0.3, -0.25) is 9.69 Å². The Hall–Kier alpha value is -2.22. The molecule has 27 heavy (non-hydrogen) atoms. The lowest BCUT2D eigenvalue weighted by molar-refractivity contribution is -0.117. The summed E-state index contributed by atoms with van der Waals surface area (Å²) in [6.45, 7) is 6.47. The van der Waals surface area contributed by atoms with E-state index in [9.17, 15) is 9.59 Å². The average Bonchev–Trinajstić information content (AvgIpc) is 3.05. The Labute approximate surface area is 163 Å². The van der Waals surface area contributed by atoms with Crippen molar-refractivity contribution >= 4 is 28.2 Å². The molecule has 1 aromatic carbocycles. The molecule has 0 bridgehead atoms. The fourth-order valence-corrected chi connectivity index (χ4v) is 3.66. The van der Waals surface area contributed by atoms with Gasteiger partial charge in [-0.1, -0.05) is 30.3 Å². The van der Waals surface area contributed by atoms with Gasteiger partial charge in [-0.05, 0) is 26.3 Å². The van der Waals surface area contributed by atoms with Crippen LogP contribution in [0.15, 0.2) is 35.7 Å². The van der Waals surface area contributed by atoms with Crippen molar-refractivity contribution in [2.75, 3.05) is 31.6 Å². The van der Waals surface area contributed by atoms with Crippen LogP contribution in [0.2, 0.25) is 0 Å². The van der Waals surface area contributed by atoms with Gasteiger partial charge in [0.05, 0.1) is 19.8 Å². The third kappa shape index (κ3) is 5.63. The molecule has 1 aromatic heterocycles. The number of aliphatic hydroxyl groups excluding tert-OH is 1. The second-order valence-electron chi connectivity index (χ2n) is 6.28. The SMILES string of the molecule is CCOC(=O)c1c(-c2ccccc2)csc1NC(=O)CN(CCO)C(C)C. The number of carbonyl (C=O) groups is 2. The highest BCUT2D eigenvalue weighted by Gasteiger charge is 2.23. The van der Waals surface area contributed by atoms with Gasteiger partial charge in [0.15, 0.2) is 0 Å². The molecule has 2 rings (SSSR count). The molecule has 1 amide bonds. The third-order valence-electron chi connectivity index (χ3n) is 4.07. The molecule has 0 aliphatic rings. The van der Waals surface area contributed by atoms with Crippen LogP contribution < -0.4 is 5.32 Å². The van der Waals surface area contributed by atoms with E-state index in [0.29, 0.717) is 17.1 Å². The van der Waals surface area contributed by atoms with Gasteiger partial charge in [-0.2, -0.15) is 0 Å². The van der Waals surface area contributed by atoms with Gasteiger partial charge in [-0.25, -0.2) is 4.79 Å². The van der Waals surface area contributed by atoms with Crippen molar-refractivity contribution in [2.45, 2.75) is 26.8 Å². The smallest absolute Gasteiger partial charge is 0.341 e. The number of thiophene rings is 1. The van der Waals surface area contributed by atoms with Crippen LogP contribution >= 0.6 is 11.3 Å². The number of hydrogen-bond donors (Lipinski definition) is 2. The lowest BCUT2D eigenvalue weighted by Crippen LogP contribution is -2.39. The molecular weight excluding hydrogens is 364 g/mol. The van der Waals surface area contributed by atoms with Crippen LogP contribution in [0.4, 0.5) is 5.00 Å². The summed E-state index contributed by atoms with van der Waals surface area (Å²) in [6.07, 6.45) is 0. The van der Waals surface area contributed by atoms with Gasteiger partial charge < -0.3 is 15.2 Å². The Morgan fingerprint density at radius 2 is 1.96 bits per heavy atom. The number of aliphatic hydroxyl groups is 1. The molecule has 0 saturated heterocycles. The number of anilines is 1. The van der Waals surface area contributed by atoms with Gasteiger partial charge in [-0.15, -0.1) is 11.3 Å². The highest BCUT2D eigenvalue weighted by atomic mass is 32.1. The summed E-state index contributed by atoms with van der Waals surface area (Å²) in [7, 11) is 0. The van der Waals surface area contributed by atoms with Crippen molar-refractivity contribution in [1.29, 1.82) is 0 Å². The van der Waals surface area contributed by atoms with E-state index in [2.05, 4.69) is 5.32 Å². The van der Waals surface area contributed by atoms with E-state index in [1.807, 2.05) is 54.5 Å². The molecule has 6 nitrogen and oxygen atoms in total. The number of amides is 1. The highest BCUT2D eigenvalue weighted by molar-refractivity contribution is 7.15. The van der Waals surface area contributed by atoms with Crippen LogP contribution in [0.1, 0.15) is 31.1 Å². The van der Waals surface area contributed by atoms with Crippen LogP contribution in [0, 0.1) is 0 Å². The first-order chi connectivity index (χ1) is 13.0. The molecule has 0 radical (unpaired) electrons. The molecule has 2 aromatic rings. The normalized spacial score (nSPS) is 11.0. The summed E-state index contributed by atoms with van der Waals surface area (Å²) in [5.41, 5.74) is 2.01. The molecule has 0 unspecified atom stereocenters. The fourth-order valence-electron chi connectivity index (χ4n) is 2.68. The minimum atomic E-state index is -0.455. The van der Waals surface area contributed by atoms with E-state index < -0.39 is 5.97 Å². The number of ether oxygens (including phenoxy) is 1. The molecule has 0 fully saturated rings. The Kier molecular flexibility index (Phi) is 7.97. The maximum absolute atomic E-state index is 12.5. The average molecular weight is 391 g/mol. The van der Waals surface area contributed by atoms with Crippen LogP contribution in [0.5, 0.6) is 0 Å². The molecule has 1 heterocycles. The summed E-state index contributed by atoms with van der Waals surface area (Å²) >= 11 is 1.30. The van der Waals surface area contributed by atoms with E-state index in [1.54, 1.807) is 6.92 Å². The van der Waals surface area contributed by atoms with E-state index in [4.69, 9.17) is 9.84 Å². The van der Waals surface area contributed by atoms with E-state index in [0.717, 1.165) is 11.1 Å². The summed E-state index contributed by atoms with van der Waals surface area (Å²) in [5, 5.41) is 14.3. The Bertz CT molecular complexity index is 759. The number of carbonyl (C=O) groups excluding carboxylic acids is 2. The van der Waals surface area contributed by atoms with E-state index in [1.165, 1.54) is 11.3 Å². The number of esters is 1. The van der Waals surface area contributed by atoms with E-state index >= 15 is 0 Å². The van der Waals surface area contributed by atoms with Crippen molar-refractivity contribution in [2.24, 2.45) is 0 Å². The summed E-state index contributed by atoms with van der Waals surface area (Å²) in [5.74, 6) is -0.687. The van der Waals surface area contributed by atoms with Crippen molar-refractivity contribution in [3.63, 3.8) is 0 Å². The second kappa shape index (κ2) is 10.2. The standard InChI is InChI=1S/C20H26N2O4S/c1-4-26-20(25)18-16(15-8-6-5-7-9-15)13-27-19(18)21-17(24)12-22(10-11-23)14(2)3/h5-9,13-14,23H,4,10-12H2,1-3H3,(H,21,24). The number of nitrogens with zero attached hydrogens (tertiary/aromatic N) is 1. The molecule has 0 aliphatic carbocycles. The van der Waals surface area contributed by atoms with Crippen LogP contribution in [0.3, 0.4) is 0 Å². The molecule has 0 spiro atoms. The summed E-state index contributed by atoms with van der Waals surface area (Å²) in [6, 6.07) is 9.65. The number of nitrogens with one attached hydrogen (secondary N) is 1. The Balaban J connectivity index is 2.27. The van der Waals surface area contributed by atoms with Gasteiger partial charge >= 0.3 is 5.97 Å². The monoisotopic (exact) mass is 390 g/mol. The largest absolute Gasteiger partial charge is 0.462 e. The molecular formula is C20H26N2O4S. The number of benzene rings is 1. The quantitative estimate of drug-likeness (QED) is 0.643. The van der Waals surface area contributed by atoms with Crippen LogP contribution in [-0.2, 0) is 9.53 Å². The molecule has 146 valence electrons. The first-order valence-electron chi connectivity index (χ1n) is 8.96. The van der Waals surface area contributed by atoms with Crippen molar-refractivity contribution in [1.82, 2.24) is 4.90 Å². The van der Waals surface area contributed by atoms with Crippen LogP contribution in [-0.4, -0.2) is 54.2 Å². The zero-order valence-corrected chi connectivity index (χ0v) is 16.7. The van der Waals surface area contributed by atoms with E-state index in [-0.39, 0.29) is 31.7 Å². The maximum Gasteiger partial charge on any atom is 0.341 e. The second-order valence-corrected chi connectivity index (χ2v) is 7.16. The third-order valence-corrected chi connectivity index (χ3v) is 4.97. The van der Waals surface area contributed by atoms with Crippen molar-refractivity contribution in [3.8, 4) is 11.1 Å². The van der Waals surface area contributed by atoms with Gasteiger partial charge in [0, 0.05) is 23.5 Å². The fraction of sp³-hybridized carbons (Fsp3) is 0.400. The highest BCUT2D eigenvalue weighted by Crippen LogP contribution is 2.36. The molecule has 0 atom stereocenters. The Morgan fingerprint density at radius 1 is 1.26 bits per heavy atom. The first-order valence-corrected chi connectivity index (χ1v) is 9.84. The molecule has 0 saturated carbocycles. The predicted octanol–water partition coefficient (Wildman–Crippen LogP) is 3.23. The summed E-state index contributed by atoms with van der Waals surface area (Å²) < 4.78 is 5.20. The van der Waals surface area contributed by atoms with Gasteiger partial charge in [0.25, 0.3) is 0 Å². The zero-order chi connectivity index (χ0) is 19.8. The number of rotatable bonds is 9. The van der Waals surface area contributed by atoms with Gasteiger partial charge in [0.1, 0.15) is 10.6 Å². The lowest BCUT2D eigenvalue weighted by atomic mass is 10.0. The first kappa shape index (κ1) is 21.1. The maximum atomic E-state index is 12.5. The van der Waals surface area contributed by atoms with Gasteiger partial charge in [0.2, 0.25) is 5.91 Å². The zero-order valence-electron chi connectivity index (χ0n) is 15.9. The van der Waals surface area contributed by atoms with Crippen LogP contribution in [0.25, 0.3) is 11.1 Å². The Morgan fingerprint density at radius 3 is 2.56 bits per heavy atom. The summed E-state index contributed by atoms with van der Waals surface area (Å²) in [4.78, 5) is 26.9. The predicted molar refractivity (Wildman–Crippen MR) is 108 cm³/mol. The minimum Gasteiger partial charge on any atom is -0.462 e.